The molecule has 2 aromatic carbocycles. The molecule has 27 heavy (non-hydrogen) atoms. The highest BCUT2D eigenvalue weighted by atomic mass is 19.1. The standard InChI is InChI=1S/C21H21FN4O/c1-14-2-8-18(9-3-14)26-20(15-4-6-16(22)7-5-15)12-19(24-26)21(27)25-11-10-17(23)13-25/h2-9,12,17H,10-11,13,23H2,1H3/t17-/m0/s1. The first-order valence-electron chi connectivity index (χ1n) is 8.99. The number of carbonyl (C=O) groups is 1. The molecule has 0 saturated carbocycles. The van der Waals surface area contributed by atoms with Crippen LogP contribution in [0, 0.1) is 12.7 Å². The van der Waals surface area contributed by atoms with E-state index in [9.17, 15) is 9.18 Å². The molecular formula is C21H21FN4O. The predicted molar refractivity (Wildman–Crippen MR) is 102 cm³/mol. The van der Waals surface area contributed by atoms with Crippen LogP contribution in [0.4, 0.5) is 4.39 Å². The average Bonchev–Trinajstić information content (AvgIpc) is 3.29. The fourth-order valence-electron chi connectivity index (χ4n) is 3.33. The van der Waals surface area contributed by atoms with Crippen molar-refractivity contribution < 1.29 is 9.18 Å². The van der Waals surface area contributed by atoms with E-state index in [4.69, 9.17) is 5.73 Å². The van der Waals surface area contributed by atoms with E-state index in [0.717, 1.165) is 28.9 Å². The fraction of sp³-hybridized carbons (Fsp3) is 0.238. The van der Waals surface area contributed by atoms with Gasteiger partial charge in [0.05, 0.1) is 11.4 Å². The van der Waals surface area contributed by atoms with Gasteiger partial charge in [0.25, 0.3) is 5.91 Å². The molecule has 1 atom stereocenters. The quantitative estimate of drug-likeness (QED) is 0.776. The van der Waals surface area contributed by atoms with Crippen LogP contribution in [0.2, 0.25) is 0 Å². The third kappa shape index (κ3) is 3.48. The summed E-state index contributed by atoms with van der Waals surface area (Å²) in [6.07, 6.45) is 0.801. The third-order valence-corrected chi connectivity index (χ3v) is 4.86. The van der Waals surface area contributed by atoms with Gasteiger partial charge in [-0.15, -0.1) is 0 Å². The van der Waals surface area contributed by atoms with Gasteiger partial charge in [0.1, 0.15) is 5.82 Å². The number of carbonyl (C=O) groups excluding carboxylic acids is 1. The normalized spacial score (nSPS) is 16.7. The number of likely N-dealkylation sites (tertiary alicyclic amines) is 1. The Bertz CT molecular complexity index is 900. The monoisotopic (exact) mass is 364 g/mol. The van der Waals surface area contributed by atoms with Gasteiger partial charge in [-0.25, -0.2) is 9.07 Å². The van der Waals surface area contributed by atoms with Gasteiger partial charge >= 0.3 is 0 Å². The summed E-state index contributed by atoms with van der Waals surface area (Å²) in [5.41, 5.74) is 9.81. The summed E-state index contributed by atoms with van der Waals surface area (Å²) in [6.45, 7) is 3.20. The Balaban J connectivity index is 1.78. The van der Waals surface area contributed by atoms with Crippen molar-refractivity contribution in [3.05, 3.63) is 71.7 Å². The van der Waals surface area contributed by atoms with Crippen LogP contribution in [0.3, 0.4) is 0 Å². The molecule has 0 spiro atoms. The molecule has 3 aromatic rings. The highest BCUT2D eigenvalue weighted by Crippen LogP contribution is 2.26. The van der Waals surface area contributed by atoms with Crippen molar-refractivity contribution in [2.75, 3.05) is 13.1 Å². The molecule has 1 aliphatic heterocycles. The number of hydrogen-bond donors (Lipinski definition) is 1. The molecule has 6 heteroatoms. The predicted octanol–water partition coefficient (Wildman–Crippen LogP) is 3.16. The number of halogens is 1. The molecule has 4 rings (SSSR count). The second-order valence-electron chi connectivity index (χ2n) is 6.97. The van der Waals surface area contributed by atoms with Crippen molar-refractivity contribution in [1.29, 1.82) is 0 Å². The van der Waals surface area contributed by atoms with Crippen LogP contribution in [-0.4, -0.2) is 39.7 Å². The van der Waals surface area contributed by atoms with Gasteiger partial charge in [-0.1, -0.05) is 17.7 Å². The summed E-state index contributed by atoms with van der Waals surface area (Å²) in [4.78, 5) is 14.6. The van der Waals surface area contributed by atoms with Crippen LogP contribution < -0.4 is 5.73 Å². The Hall–Kier alpha value is -2.99. The van der Waals surface area contributed by atoms with E-state index < -0.39 is 0 Å². The van der Waals surface area contributed by atoms with Gasteiger partial charge < -0.3 is 10.6 Å². The van der Waals surface area contributed by atoms with E-state index in [2.05, 4.69) is 5.10 Å². The molecule has 0 unspecified atom stereocenters. The summed E-state index contributed by atoms with van der Waals surface area (Å²) in [6, 6.07) is 15.9. The van der Waals surface area contributed by atoms with Crippen LogP contribution in [0.15, 0.2) is 54.6 Å². The Morgan fingerprint density at radius 2 is 1.85 bits per heavy atom. The molecule has 1 amide bonds. The third-order valence-electron chi connectivity index (χ3n) is 4.86. The second kappa shape index (κ2) is 6.96. The van der Waals surface area contributed by atoms with Gasteiger partial charge in [-0.2, -0.15) is 5.10 Å². The summed E-state index contributed by atoms with van der Waals surface area (Å²) in [5.74, 6) is -0.431. The Morgan fingerprint density at radius 3 is 2.48 bits per heavy atom. The topological polar surface area (TPSA) is 64.2 Å². The molecule has 2 heterocycles. The van der Waals surface area contributed by atoms with Gasteiger partial charge in [-0.3, -0.25) is 4.79 Å². The number of aryl methyl sites for hydroxylation is 1. The molecule has 0 bridgehead atoms. The maximum absolute atomic E-state index is 13.3. The fourth-order valence-corrected chi connectivity index (χ4v) is 3.33. The molecule has 0 aliphatic carbocycles. The number of hydrogen-bond acceptors (Lipinski definition) is 3. The summed E-state index contributed by atoms with van der Waals surface area (Å²) >= 11 is 0. The van der Waals surface area contributed by atoms with E-state index in [1.807, 2.05) is 31.2 Å². The maximum atomic E-state index is 13.3. The zero-order valence-electron chi connectivity index (χ0n) is 15.1. The number of amides is 1. The minimum absolute atomic E-state index is 0.0182. The Labute approximate surface area is 157 Å². The van der Waals surface area contributed by atoms with E-state index in [1.165, 1.54) is 12.1 Å². The lowest BCUT2D eigenvalue weighted by molar-refractivity contribution is 0.0784. The van der Waals surface area contributed by atoms with Crippen molar-refractivity contribution in [2.45, 2.75) is 19.4 Å². The zero-order valence-corrected chi connectivity index (χ0v) is 15.1. The van der Waals surface area contributed by atoms with Crippen molar-refractivity contribution in [3.8, 4) is 16.9 Å². The number of rotatable bonds is 3. The highest BCUT2D eigenvalue weighted by molar-refractivity contribution is 5.94. The van der Waals surface area contributed by atoms with Crippen LogP contribution in [0.5, 0.6) is 0 Å². The summed E-state index contributed by atoms with van der Waals surface area (Å²) in [5, 5.41) is 4.57. The first-order valence-corrected chi connectivity index (χ1v) is 8.99. The van der Waals surface area contributed by atoms with Crippen LogP contribution in [0.25, 0.3) is 16.9 Å². The number of nitrogens with zero attached hydrogens (tertiary/aromatic N) is 3. The largest absolute Gasteiger partial charge is 0.336 e. The van der Waals surface area contributed by atoms with Crippen molar-refractivity contribution in [2.24, 2.45) is 5.73 Å². The second-order valence-corrected chi connectivity index (χ2v) is 6.97. The minimum Gasteiger partial charge on any atom is -0.336 e. The van der Waals surface area contributed by atoms with Crippen molar-refractivity contribution in [1.82, 2.24) is 14.7 Å². The highest BCUT2D eigenvalue weighted by Gasteiger charge is 2.27. The number of benzene rings is 2. The first-order chi connectivity index (χ1) is 13.0. The maximum Gasteiger partial charge on any atom is 0.274 e. The summed E-state index contributed by atoms with van der Waals surface area (Å²) < 4.78 is 15.1. The summed E-state index contributed by atoms with van der Waals surface area (Å²) in [7, 11) is 0. The minimum atomic E-state index is -0.303. The van der Waals surface area contributed by atoms with Crippen LogP contribution in [-0.2, 0) is 0 Å². The van der Waals surface area contributed by atoms with Crippen LogP contribution in [0.1, 0.15) is 22.5 Å². The molecule has 1 aromatic heterocycles. The number of aromatic nitrogens is 2. The molecule has 1 aliphatic rings. The van der Waals surface area contributed by atoms with E-state index in [1.54, 1.807) is 27.8 Å². The Kier molecular flexibility index (Phi) is 4.49. The lowest BCUT2D eigenvalue weighted by Crippen LogP contribution is -2.32. The SMILES string of the molecule is Cc1ccc(-n2nc(C(=O)N3CC[C@H](N)C3)cc2-c2ccc(F)cc2)cc1. The molecule has 138 valence electrons. The van der Waals surface area contributed by atoms with Gasteiger partial charge in [0.15, 0.2) is 5.69 Å². The lowest BCUT2D eigenvalue weighted by atomic mass is 10.1. The van der Waals surface area contributed by atoms with Crippen molar-refractivity contribution >= 4 is 5.91 Å². The Morgan fingerprint density at radius 1 is 1.15 bits per heavy atom. The smallest absolute Gasteiger partial charge is 0.274 e. The molecule has 5 nitrogen and oxygen atoms in total. The molecule has 1 saturated heterocycles. The molecule has 2 N–H and O–H groups in total. The van der Waals surface area contributed by atoms with E-state index in [-0.39, 0.29) is 17.8 Å². The zero-order chi connectivity index (χ0) is 19.0. The lowest BCUT2D eigenvalue weighted by Gasteiger charge is -2.13. The number of nitrogens with two attached hydrogens (primary N) is 1. The van der Waals surface area contributed by atoms with Gasteiger partial charge in [-0.05, 0) is 55.8 Å². The molecular weight excluding hydrogens is 343 g/mol. The van der Waals surface area contributed by atoms with Gasteiger partial charge in [0, 0.05) is 24.7 Å². The van der Waals surface area contributed by atoms with Gasteiger partial charge in [0.2, 0.25) is 0 Å². The van der Waals surface area contributed by atoms with Crippen LogP contribution >= 0.6 is 0 Å². The van der Waals surface area contributed by atoms with E-state index in [0.29, 0.717) is 18.8 Å². The molecule has 0 radical (unpaired) electrons. The molecule has 1 fully saturated rings. The average molecular weight is 364 g/mol. The van der Waals surface area contributed by atoms with E-state index >= 15 is 0 Å². The van der Waals surface area contributed by atoms with Crippen molar-refractivity contribution in [3.63, 3.8) is 0 Å². The first kappa shape index (κ1) is 17.4.